The van der Waals surface area contributed by atoms with Crippen molar-refractivity contribution in [2.45, 2.75) is 31.3 Å². The van der Waals surface area contributed by atoms with Crippen molar-refractivity contribution >= 4 is 15.8 Å². The Morgan fingerprint density at radius 1 is 1.56 bits per heavy atom. The Bertz CT molecular complexity index is 476. The second-order valence-corrected chi connectivity index (χ2v) is 6.16. The summed E-state index contributed by atoms with van der Waals surface area (Å²) < 4.78 is 28.3. The van der Waals surface area contributed by atoms with Gasteiger partial charge in [0, 0.05) is 19.7 Å². The molecule has 0 bridgehead atoms. The molecule has 0 fully saturated rings. The first kappa shape index (κ1) is 14.9. The minimum absolute atomic E-state index is 0.0310. The van der Waals surface area contributed by atoms with Gasteiger partial charge in [-0.1, -0.05) is 13.8 Å². The molecule has 0 amide bonds. The van der Waals surface area contributed by atoms with Gasteiger partial charge in [0.2, 0.25) is 0 Å². The summed E-state index contributed by atoms with van der Waals surface area (Å²) in [5, 5.41) is 8.90. The maximum Gasteiger partial charge on any atom is 0.260 e. The van der Waals surface area contributed by atoms with E-state index in [4.69, 9.17) is 10.8 Å². The lowest BCUT2D eigenvalue weighted by Gasteiger charge is -2.21. The smallest absolute Gasteiger partial charge is 0.260 e. The van der Waals surface area contributed by atoms with Crippen LogP contribution in [0.4, 0.5) is 5.82 Å². The molecule has 7 nitrogen and oxygen atoms in total. The van der Waals surface area contributed by atoms with E-state index in [1.165, 1.54) is 10.9 Å². The average Bonchev–Trinajstić information content (AvgIpc) is 2.58. The summed E-state index contributed by atoms with van der Waals surface area (Å²) in [6.45, 7) is 3.69. The van der Waals surface area contributed by atoms with Crippen molar-refractivity contribution in [2.75, 3.05) is 12.3 Å². The number of aliphatic hydroxyl groups is 1. The lowest BCUT2D eigenvalue weighted by molar-refractivity contribution is 0.255. The molecule has 18 heavy (non-hydrogen) atoms. The molecule has 0 saturated carbocycles. The van der Waals surface area contributed by atoms with Crippen molar-refractivity contribution in [3.8, 4) is 0 Å². The molecule has 1 aromatic rings. The van der Waals surface area contributed by atoms with Crippen LogP contribution < -0.4 is 10.5 Å². The van der Waals surface area contributed by atoms with Gasteiger partial charge in [-0.25, -0.2) is 18.1 Å². The second kappa shape index (κ2) is 5.68. The number of sulfonamides is 1. The molecular weight excluding hydrogens is 256 g/mol. The highest BCUT2D eigenvalue weighted by Crippen LogP contribution is 2.17. The minimum atomic E-state index is -3.73. The first-order chi connectivity index (χ1) is 8.29. The van der Waals surface area contributed by atoms with Gasteiger partial charge in [-0.3, -0.25) is 0 Å². The molecule has 1 atom stereocenters. The zero-order chi connectivity index (χ0) is 13.9. The Balaban J connectivity index is 3.01. The van der Waals surface area contributed by atoms with Crippen LogP contribution >= 0.6 is 0 Å². The molecule has 0 saturated heterocycles. The van der Waals surface area contributed by atoms with Crippen LogP contribution in [0.3, 0.4) is 0 Å². The molecule has 0 radical (unpaired) electrons. The molecule has 4 N–H and O–H groups in total. The van der Waals surface area contributed by atoms with Crippen molar-refractivity contribution in [2.24, 2.45) is 13.0 Å². The Kier molecular flexibility index (Phi) is 4.71. The van der Waals surface area contributed by atoms with E-state index in [1.54, 1.807) is 7.05 Å². The van der Waals surface area contributed by atoms with Gasteiger partial charge in [0.15, 0.2) is 10.8 Å². The molecule has 0 aliphatic rings. The summed E-state index contributed by atoms with van der Waals surface area (Å²) >= 11 is 0. The predicted molar refractivity (Wildman–Crippen MR) is 68.3 cm³/mol. The molecule has 0 aliphatic carbocycles. The van der Waals surface area contributed by atoms with Crippen LogP contribution in [0.15, 0.2) is 11.4 Å². The molecule has 0 aliphatic heterocycles. The van der Waals surface area contributed by atoms with E-state index >= 15 is 0 Å². The van der Waals surface area contributed by atoms with Crippen LogP contribution in [-0.2, 0) is 17.1 Å². The highest BCUT2D eigenvalue weighted by Gasteiger charge is 2.26. The van der Waals surface area contributed by atoms with Gasteiger partial charge in [0.1, 0.15) is 0 Å². The summed E-state index contributed by atoms with van der Waals surface area (Å²) in [5.74, 6) is 0.0397. The third-order valence-corrected chi connectivity index (χ3v) is 4.33. The fraction of sp³-hybridized carbons (Fsp3) is 0.700. The molecule has 8 heteroatoms. The molecule has 0 spiro atoms. The number of hydrogen-bond donors (Lipinski definition) is 3. The molecule has 1 unspecified atom stereocenters. The maximum absolute atomic E-state index is 12.2. The van der Waals surface area contributed by atoms with E-state index in [-0.39, 0.29) is 29.4 Å². The number of rotatable bonds is 6. The zero-order valence-corrected chi connectivity index (χ0v) is 11.6. The fourth-order valence-corrected chi connectivity index (χ4v) is 3.34. The highest BCUT2D eigenvalue weighted by molar-refractivity contribution is 7.89. The third-order valence-electron chi connectivity index (χ3n) is 2.72. The van der Waals surface area contributed by atoms with Crippen LogP contribution in [0, 0.1) is 5.92 Å². The summed E-state index contributed by atoms with van der Waals surface area (Å²) in [6.07, 6.45) is 1.70. The van der Waals surface area contributed by atoms with E-state index in [0.29, 0.717) is 6.42 Å². The van der Waals surface area contributed by atoms with Crippen molar-refractivity contribution in [3.63, 3.8) is 0 Å². The molecule has 1 rings (SSSR count). The number of aliphatic hydroxyl groups excluding tert-OH is 1. The van der Waals surface area contributed by atoms with Gasteiger partial charge < -0.3 is 15.4 Å². The number of aromatic nitrogens is 2. The predicted octanol–water partition coefficient (Wildman–Crippen LogP) is -0.312. The largest absolute Gasteiger partial charge is 0.396 e. The number of nitrogen functional groups attached to an aromatic ring is 1. The molecule has 104 valence electrons. The highest BCUT2D eigenvalue weighted by atomic mass is 32.2. The SMILES string of the molecule is CC(C)C(CCO)NS(=O)(=O)c1c(N)ncn1C. The Hall–Kier alpha value is -1.12. The van der Waals surface area contributed by atoms with E-state index in [2.05, 4.69) is 9.71 Å². The summed E-state index contributed by atoms with van der Waals surface area (Å²) in [5.41, 5.74) is 5.55. The molecular formula is C10H20N4O3S. The number of nitrogens with zero attached hydrogens (tertiary/aromatic N) is 2. The molecule has 1 aromatic heterocycles. The minimum Gasteiger partial charge on any atom is -0.396 e. The first-order valence-corrected chi connectivity index (χ1v) is 7.18. The quantitative estimate of drug-likeness (QED) is 0.660. The third kappa shape index (κ3) is 3.21. The second-order valence-electron chi connectivity index (χ2n) is 4.53. The summed E-state index contributed by atoms with van der Waals surface area (Å²) in [6, 6.07) is -0.339. The van der Waals surface area contributed by atoms with Crippen molar-refractivity contribution in [1.82, 2.24) is 14.3 Å². The van der Waals surface area contributed by atoms with Crippen LogP contribution in [0.5, 0.6) is 0 Å². The van der Waals surface area contributed by atoms with Crippen LogP contribution in [0.1, 0.15) is 20.3 Å². The van der Waals surface area contributed by atoms with Crippen LogP contribution in [-0.4, -0.2) is 35.7 Å². The Morgan fingerprint density at radius 2 is 2.17 bits per heavy atom. The van der Waals surface area contributed by atoms with Gasteiger partial charge in [-0.2, -0.15) is 0 Å². The number of imidazole rings is 1. The molecule has 1 heterocycles. The van der Waals surface area contributed by atoms with Crippen molar-refractivity contribution in [3.05, 3.63) is 6.33 Å². The summed E-state index contributed by atoms with van der Waals surface area (Å²) in [4.78, 5) is 3.75. The normalized spacial score (nSPS) is 14.1. The number of anilines is 1. The Morgan fingerprint density at radius 3 is 2.56 bits per heavy atom. The van der Waals surface area contributed by atoms with Gasteiger partial charge in [-0.15, -0.1) is 0 Å². The number of nitrogens with two attached hydrogens (primary N) is 1. The lowest BCUT2D eigenvalue weighted by atomic mass is 10.0. The van der Waals surface area contributed by atoms with Gasteiger partial charge in [0.05, 0.1) is 6.33 Å². The zero-order valence-electron chi connectivity index (χ0n) is 10.8. The van der Waals surface area contributed by atoms with E-state index in [0.717, 1.165) is 0 Å². The Labute approximate surface area is 107 Å². The van der Waals surface area contributed by atoms with E-state index in [1.807, 2.05) is 13.8 Å². The monoisotopic (exact) mass is 276 g/mol. The fourth-order valence-electron chi connectivity index (χ4n) is 1.69. The summed E-state index contributed by atoms with van der Waals surface area (Å²) in [7, 11) is -2.17. The van der Waals surface area contributed by atoms with Crippen LogP contribution in [0.25, 0.3) is 0 Å². The van der Waals surface area contributed by atoms with E-state index in [9.17, 15) is 8.42 Å². The van der Waals surface area contributed by atoms with Gasteiger partial charge >= 0.3 is 0 Å². The standard InChI is InChI=1S/C10H20N4O3S/c1-7(2)8(4-5-15)13-18(16,17)10-9(11)12-6-14(10)3/h6-8,13,15H,4-5,11H2,1-3H3. The van der Waals surface area contributed by atoms with Crippen molar-refractivity contribution in [1.29, 1.82) is 0 Å². The number of aryl methyl sites for hydroxylation is 1. The topological polar surface area (TPSA) is 110 Å². The first-order valence-electron chi connectivity index (χ1n) is 5.69. The lowest BCUT2D eigenvalue weighted by Crippen LogP contribution is -2.40. The number of nitrogens with one attached hydrogen (secondary N) is 1. The van der Waals surface area contributed by atoms with E-state index < -0.39 is 10.0 Å². The maximum atomic E-state index is 12.2. The average molecular weight is 276 g/mol. The van der Waals surface area contributed by atoms with Crippen LogP contribution in [0.2, 0.25) is 0 Å². The van der Waals surface area contributed by atoms with Gasteiger partial charge in [-0.05, 0) is 12.3 Å². The van der Waals surface area contributed by atoms with Crippen molar-refractivity contribution < 1.29 is 13.5 Å². The molecule has 0 aromatic carbocycles. The van der Waals surface area contributed by atoms with Gasteiger partial charge in [0.25, 0.3) is 10.0 Å². The number of hydrogen-bond acceptors (Lipinski definition) is 5.